The van der Waals surface area contributed by atoms with Crippen LogP contribution in [0.25, 0.3) is 0 Å². The molecule has 0 saturated carbocycles. The fourth-order valence-corrected chi connectivity index (χ4v) is 2.16. The van der Waals surface area contributed by atoms with Gasteiger partial charge in [0.25, 0.3) is 0 Å². The van der Waals surface area contributed by atoms with E-state index < -0.39 is 17.8 Å². The van der Waals surface area contributed by atoms with Gasteiger partial charge in [0.05, 0.1) is 12.1 Å². The molecule has 1 amide bonds. The monoisotopic (exact) mass is 249 g/mol. The van der Waals surface area contributed by atoms with Crippen LogP contribution in [0.15, 0.2) is 24.3 Å². The molecule has 1 aliphatic rings. The van der Waals surface area contributed by atoms with Gasteiger partial charge in [-0.2, -0.15) is 0 Å². The van der Waals surface area contributed by atoms with Gasteiger partial charge in [-0.1, -0.05) is 24.3 Å². The molecule has 2 N–H and O–H groups in total. The second-order valence-corrected chi connectivity index (χ2v) is 5.60. The standard InChI is InChI=1S/C14H19NO3/c1-14(2,3)18-13(17)15-11-8-9-6-4-5-7-10(9)12(11)16/h4-7,11-12,16H,8H2,1-3H3,(H,15,17)/t11-,12-/m1/s1. The molecule has 0 radical (unpaired) electrons. The average molecular weight is 249 g/mol. The summed E-state index contributed by atoms with van der Waals surface area (Å²) in [6.07, 6.45) is -0.510. The van der Waals surface area contributed by atoms with E-state index in [9.17, 15) is 9.90 Å². The summed E-state index contributed by atoms with van der Waals surface area (Å²) < 4.78 is 5.19. The van der Waals surface area contributed by atoms with E-state index in [0.29, 0.717) is 6.42 Å². The van der Waals surface area contributed by atoms with Gasteiger partial charge in [-0.25, -0.2) is 4.79 Å². The van der Waals surface area contributed by atoms with Crippen molar-refractivity contribution in [2.45, 2.75) is 44.9 Å². The highest BCUT2D eigenvalue weighted by Gasteiger charge is 2.32. The van der Waals surface area contributed by atoms with Crippen LogP contribution < -0.4 is 5.32 Å². The Hall–Kier alpha value is -1.55. The van der Waals surface area contributed by atoms with Gasteiger partial charge in [-0.05, 0) is 38.3 Å². The van der Waals surface area contributed by atoms with Crippen molar-refractivity contribution in [3.63, 3.8) is 0 Å². The highest BCUT2D eigenvalue weighted by Crippen LogP contribution is 2.31. The minimum Gasteiger partial charge on any atom is -0.444 e. The molecule has 2 rings (SSSR count). The molecule has 0 saturated heterocycles. The zero-order valence-corrected chi connectivity index (χ0v) is 10.9. The van der Waals surface area contributed by atoms with Gasteiger partial charge in [0.1, 0.15) is 5.60 Å². The molecule has 0 aliphatic heterocycles. The molecule has 0 bridgehead atoms. The van der Waals surface area contributed by atoms with E-state index in [2.05, 4.69) is 5.32 Å². The first-order valence-electron chi connectivity index (χ1n) is 6.12. The maximum atomic E-state index is 11.7. The zero-order valence-electron chi connectivity index (χ0n) is 10.9. The zero-order chi connectivity index (χ0) is 13.3. The number of benzene rings is 1. The van der Waals surface area contributed by atoms with Crippen molar-refractivity contribution in [1.29, 1.82) is 0 Å². The number of rotatable bonds is 1. The van der Waals surface area contributed by atoms with Crippen molar-refractivity contribution < 1.29 is 14.6 Å². The Kier molecular flexibility index (Phi) is 3.30. The number of ether oxygens (including phenoxy) is 1. The number of amides is 1. The number of nitrogens with one attached hydrogen (secondary N) is 1. The lowest BCUT2D eigenvalue weighted by atomic mass is 10.1. The SMILES string of the molecule is CC(C)(C)OC(=O)N[C@@H]1Cc2ccccc2[C@H]1O. The van der Waals surface area contributed by atoms with Gasteiger partial charge < -0.3 is 15.2 Å². The smallest absolute Gasteiger partial charge is 0.407 e. The summed E-state index contributed by atoms with van der Waals surface area (Å²) in [6.45, 7) is 5.44. The largest absolute Gasteiger partial charge is 0.444 e. The quantitative estimate of drug-likeness (QED) is 0.802. The predicted molar refractivity (Wildman–Crippen MR) is 68.3 cm³/mol. The number of carbonyl (C=O) groups is 1. The minimum absolute atomic E-state index is 0.308. The molecule has 4 nitrogen and oxygen atoms in total. The van der Waals surface area contributed by atoms with Crippen LogP contribution in [0.4, 0.5) is 4.79 Å². The van der Waals surface area contributed by atoms with Crippen LogP contribution in [-0.2, 0) is 11.2 Å². The molecular formula is C14H19NO3. The van der Waals surface area contributed by atoms with Crippen molar-refractivity contribution >= 4 is 6.09 Å². The van der Waals surface area contributed by atoms with Crippen molar-refractivity contribution in [2.24, 2.45) is 0 Å². The third kappa shape index (κ3) is 2.82. The van der Waals surface area contributed by atoms with Crippen LogP contribution in [0, 0.1) is 0 Å². The van der Waals surface area contributed by atoms with E-state index in [1.54, 1.807) is 0 Å². The van der Waals surface area contributed by atoms with E-state index in [4.69, 9.17) is 4.74 Å². The summed E-state index contributed by atoms with van der Waals surface area (Å²) in [5.74, 6) is 0. The average Bonchev–Trinajstić information content (AvgIpc) is 2.54. The van der Waals surface area contributed by atoms with Crippen LogP contribution in [0.5, 0.6) is 0 Å². The second kappa shape index (κ2) is 4.61. The fraction of sp³-hybridized carbons (Fsp3) is 0.500. The van der Waals surface area contributed by atoms with Crippen molar-refractivity contribution in [3.8, 4) is 0 Å². The molecule has 98 valence electrons. The highest BCUT2D eigenvalue weighted by atomic mass is 16.6. The first kappa shape index (κ1) is 12.9. The van der Waals surface area contributed by atoms with Gasteiger partial charge >= 0.3 is 6.09 Å². The Balaban J connectivity index is 2.00. The molecule has 1 aromatic rings. The third-order valence-corrected chi connectivity index (χ3v) is 2.90. The topological polar surface area (TPSA) is 58.6 Å². The summed E-state index contributed by atoms with van der Waals surface area (Å²) in [5.41, 5.74) is 1.44. The number of carbonyl (C=O) groups excluding carboxylic acids is 1. The Bertz CT molecular complexity index is 451. The van der Waals surface area contributed by atoms with Gasteiger partial charge in [0.15, 0.2) is 0 Å². The van der Waals surface area contributed by atoms with Crippen LogP contribution in [0.3, 0.4) is 0 Å². The number of aliphatic hydroxyl groups excluding tert-OH is 1. The molecule has 4 heteroatoms. The Morgan fingerprint density at radius 3 is 2.67 bits per heavy atom. The maximum absolute atomic E-state index is 11.7. The van der Waals surface area contributed by atoms with Crippen molar-refractivity contribution in [1.82, 2.24) is 5.32 Å². The Labute approximate surface area is 107 Å². The van der Waals surface area contributed by atoms with E-state index in [0.717, 1.165) is 11.1 Å². The van der Waals surface area contributed by atoms with Crippen LogP contribution in [-0.4, -0.2) is 22.8 Å². The molecule has 2 atom stereocenters. The molecule has 0 spiro atoms. The van der Waals surface area contributed by atoms with Crippen LogP contribution in [0.2, 0.25) is 0 Å². The molecule has 1 aromatic carbocycles. The van der Waals surface area contributed by atoms with Gasteiger partial charge in [-0.15, -0.1) is 0 Å². The van der Waals surface area contributed by atoms with Gasteiger partial charge in [0.2, 0.25) is 0 Å². The van der Waals surface area contributed by atoms with E-state index >= 15 is 0 Å². The van der Waals surface area contributed by atoms with Crippen LogP contribution in [0.1, 0.15) is 38.0 Å². The molecule has 18 heavy (non-hydrogen) atoms. The highest BCUT2D eigenvalue weighted by molar-refractivity contribution is 5.68. The first-order valence-corrected chi connectivity index (χ1v) is 6.12. The fourth-order valence-electron chi connectivity index (χ4n) is 2.16. The molecule has 0 aromatic heterocycles. The molecule has 0 heterocycles. The van der Waals surface area contributed by atoms with E-state index in [1.165, 1.54) is 0 Å². The summed E-state index contributed by atoms with van der Waals surface area (Å²) in [4.78, 5) is 11.7. The Morgan fingerprint density at radius 1 is 1.39 bits per heavy atom. The lowest BCUT2D eigenvalue weighted by Gasteiger charge is -2.23. The normalized spacial score (nSPS) is 22.4. The maximum Gasteiger partial charge on any atom is 0.407 e. The first-order chi connectivity index (χ1) is 8.37. The third-order valence-electron chi connectivity index (χ3n) is 2.90. The number of hydrogen-bond acceptors (Lipinski definition) is 3. The van der Waals surface area contributed by atoms with Gasteiger partial charge in [0, 0.05) is 0 Å². The molecular weight excluding hydrogens is 230 g/mol. The summed E-state index contributed by atoms with van der Waals surface area (Å²) in [6, 6.07) is 7.36. The number of aliphatic hydroxyl groups is 1. The predicted octanol–water partition coefficient (Wildman–Crippen LogP) is 2.17. The van der Waals surface area contributed by atoms with Gasteiger partial charge in [-0.3, -0.25) is 0 Å². The number of hydrogen-bond donors (Lipinski definition) is 2. The second-order valence-electron chi connectivity index (χ2n) is 5.60. The number of fused-ring (bicyclic) bond motifs is 1. The summed E-state index contributed by atoms with van der Waals surface area (Å²) >= 11 is 0. The lowest BCUT2D eigenvalue weighted by molar-refractivity contribution is 0.0438. The molecule has 0 unspecified atom stereocenters. The van der Waals surface area contributed by atoms with E-state index in [-0.39, 0.29) is 6.04 Å². The minimum atomic E-state index is -0.659. The van der Waals surface area contributed by atoms with Crippen molar-refractivity contribution in [2.75, 3.05) is 0 Å². The summed E-state index contributed by atoms with van der Waals surface area (Å²) in [7, 11) is 0. The summed E-state index contributed by atoms with van der Waals surface area (Å²) in [5, 5.41) is 12.8. The molecule has 1 aliphatic carbocycles. The lowest BCUT2D eigenvalue weighted by Crippen LogP contribution is -2.41. The van der Waals surface area contributed by atoms with Crippen LogP contribution >= 0.6 is 0 Å². The number of alkyl carbamates (subject to hydrolysis) is 1. The van der Waals surface area contributed by atoms with E-state index in [1.807, 2.05) is 45.0 Å². The van der Waals surface area contributed by atoms with Crippen molar-refractivity contribution in [3.05, 3.63) is 35.4 Å². The Morgan fingerprint density at radius 2 is 2.06 bits per heavy atom. The molecule has 0 fully saturated rings.